The normalized spacial score (nSPS) is 29.5. The lowest BCUT2D eigenvalue weighted by atomic mass is 9.91. The van der Waals surface area contributed by atoms with Crippen molar-refractivity contribution in [3.05, 3.63) is 0 Å². The zero-order valence-electron chi connectivity index (χ0n) is 17.1. The van der Waals surface area contributed by atoms with Gasteiger partial charge in [0.25, 0.3) is 0 Å². The molecular formula is C16H36O5Si3. The summed E-state index contributed by atoms with van der Waals surface area (Å²) in [5, 5.41) is 0. The van der Waals surface area contributed by atoms with E-state index in [1.54, 1.807) is 0 Å². The van der Waals surface area contributed by atoms with Crippen LogP contribution in [-0.4, -0.2) is 55.8 Å². The number of esters is 1. The third-order valence-electron chi connectivity index (χ3n) is 3.55. The van der Waals surface area contributed by atoms with Crippen LogP contribution in [0, 0.1) is 5.92 Å². The Morgan fingerprint density at radius 2 is 1.38 bits per heavy atom. The van der Waals surface area contributed by atoms with Crippen molar-refractivity contribution >= 4 is 30.9 Å². The average molecular weight is 393 g/mol. The lowest BCUT2D eigenvalue weighted by Crippen LogP contribution is -2.59. The van der Waals surface area contributed by atoms with Crippen molar-refractivity contribution in [3.8, 4) is 0 Å². The third kappa shape index (κ3) is 7.49. The van der Waals surface area contributed by atoms with Crippen LogP contribution in [0.2, 0.25) is 58.9 Å². The number of carbonyl (C=O) groups is 1. The molecule has 8 heteroatoms. The van der Waals surface area contributed by atoms with Crippen LogP contribution in [0.25, 0.3) is 0 Å². The zero-order chi connectivity index (χ0) is 18.9. The molecule has 24 heavy (non-hydrogen) atoms. The van der Waals surface area contributed by atoms with E-state index in [2.05, 4.69) is 65.8 Å². The molecule has 1 aliphatic rings. The fourth-order valence-electron chi connectivity index (χ4n) is 2.54. The van der Waals surface area contributed by atoms with Crippen LogP contribution >= 0.6 is 0 Å². The summed E-state index contributed by atoms with van der Waals surface area (Å²) >= 11 is 0. The molecule has 0 spiro atoms. The first kappa shape index (κ1) is 22.0. The molecule has 0 amide bonds. The lowest BCUT2D eigenvalue weighted by Gasteiger charge is -2.44. The van der Waals surface area contributed by atoms with Gasteiger partial charge in [0, 0.05) is 5.92 Å². The fraction of sp³-hybridized carbons (Fsp3) is 0.938. The molecule has 1 heterocycles. The molecule has 0 aromatic heterocycles. The lowest BCUT2D eigenvalue weighted by molar-refractivity contribution is -0.187. The van der Waals surface area contributed by atoms with Crippen molar-refractivity contribution < 1.29 is 22.8 Å². The second kappa shape index (κ2) is 7.71. The number of ether oxygens (including phenoxy) is 1. The van der Waals surface area contributed by atoms with E-state index in [9.17, 15) is 4.79 Å². The zero-order valence-corrected chi connectivity index (χ0v) is 20.1. The van der Waals surface area contributed by atoms with Crippen molar-refractivity contribution in [2.24, 2.45) is 5.92 Å². The summed E-state index contributed by atoms with van der Waals surface area (Å²) < 4.78 is 24.2. The van der Waals surface area contributed by atoms with Gasteiger partial charge in [-0.15, -0.1) is 0 Å². The minimum atomic E-state index is -1.89. The molecule has 1 fully saturated rings. The van der Waals surface area contributed by atoms with Crippen molar-refractivity contribution in [2.75, 3.05) is 6.61 Å². The van der Waals surface area contributed by atoms with E-state index in [0.717, 1.165) is 0 Å². The molecule has 1 aliphatic heterocycles. The molecule has 1 rings (SSSR count). The number of cyclic esters (lactones) is 1. The topological polar surface area (TPSA) is 54.0 Å². The molecule has 0 aliphatic carbocycles. The number of carbonyl (C=O) groups excluding carboxylic acids is 1. The van der Waals surface area contributed by atoms with Gasteiger partial charge in [0.2, 0.25) is 0 Å². The Labute approximate surface area is 150 Å². The van der Waals surface area contributed by atoms with Gasteiger partial charge in [-0.05, 0) is 58.9 Å². The highest BCUT2D eigenvalue weighted by molar-refractivity contribution is 6.70. The molecule has 5 nitrogen and oxygen atoms in total. The minimum absolute atomic E-state index is 0.0483. The monoisotopic (exact) mass is 392 g/mol. The molecule has 0 unspecified atom stereocenters. The summed E-state index contributed by atoms with van der Waals surface area (Å²) in [6.45, 7) is 21.6. The maximum absolute atomic E-state index is 12.6. The molecule has 142 valence electrons. The third-order valence-corrected chi connectivity index (χ3v) is 6.53. The van der Waals surface area contributed by atoms with Crippen LogP contribution in [0.5, 0.6) is 0 Å². The van der Waals surface area contributed by atoms with Crippen LogP contribution in [-0.2, 0) is 22.8 Å². The Morgan fingerprint density at radius 3 is 1.79 bits per heavy atom. The summed E-state index contributed by atoms with van der Waals surface area (Å²) in [5.41, 5.74) is 0. The Bertz CT molecular complexity index is 436. The second-order valence-electron chi connectivity index (χ2n) is 9.60. The highest BCUT2D eigenvalue weighted by Gasteiger charge is 2.48. The average Bonchev–Trinajstić information content (AvgIpc) is 2.32. The number of hydrogen-bond donors (Lipinski definition) is 0. The van der Waals surface area contributed by atoms with E-state index < -0.39 is 31.1 Å². The van der Waals surface area contributed by atoms with E-state index in [-0.39, 0.29) is 24.1 Å². The molecule has 0 bridgehead atoms. The van der Waals surface area contributed by atoms with Gasteiger partial charge in [-0.1, -0.05) is 6.92 Å². The van der Waals surface area contributed by atoms with E-state index in [4.69, 9.17) is 18.0 Å². The van der Waals surface area contributed by atoms with E-state index >= 15 is 0 Å². The van der Waals surface area contributed by atoms with E-state index in [1.807, 2.05) is 0 Å². The molecule has 4 atom stereocenters. The maximum atomic E-state index is 12.6. The predicted octanol–water partition coefficient (Wildman–Crippen LogP) is 3.84. The Balaban J connectivity index is 2.98. The van der Waals surface area contributed by atoms with Gasteiger partial charge in [0.1, 0.15) is 6.10 Å². The first-order chi connectivity index (χ1) is 10.6. The summed E-state index contributed by atoms with van der Waals surface area (Å²) in [7, 11) is -5.38. The highest BCUT2D eigenvalue weighted by atomic mass is 28.4. The highest BCUT2D eigenvalue weighted by Crippen LogP contribution is 2.31. The number of hydrogen-bond acceptors (Lipinski definition) is 5. The summed E-state index contributed by atoms with van der Waals surface area (Å²) in [4.78, 5) is 12.6. The van der Waals surface area contributed by atoms with Crippen molar-refractivity contribution in [3.63, 3.8) is 0 Å². The van der Waals surface area contributed by atoms with Crippen molar-refractivity contribution in [1.82, 2.24) is 0 Å². The van der Waals surface area contributed by atoms with Crippen LogP contribution in [0.3, 0.4) is 0 Å². The van der Waals surface area contributed by atoms with Crippen molar-refractivity contribution in [1.29, 1.82) is 0 Å². The van der Waals surface area contributed by atoms with Gasteiger partial charge in [-0.3, -0.25) is 0 Å². The Morgan fingerprint density at radius 1 is 0.875 bits per heavy atom. The molecule has 0 aromatic rings. The first-order valence-corrected chi connectivity index (χ1v) is 19.0. The molecule has 0 radical (unpaired) electrons. The van der Waals surface area contributed by atoms with E-state index in [0.29, 0.717) is 6.61 Å². The quantitative estimate of drug-likeness (QED) is 0.487. The molecular weight excluding hydrogens is 356 g/mol. The molecule has 0 saturated carbocycles. The second-order valence-corrected chi connectivity index (χ2v) is 23.0. The van der Waals surface area contributed by atoms with Crippen LogP contribution in [0.4, 0.5) is 0 Å². The van der Waals surface area contributed by atoms with Crippen LogP contribution < -0.4 is 0 Å². The van der Waals surface area contributed by atoms with Gasteiger partial charge in [-0.25, -0.2) is 4.79 Å². The molecule has 0 aromatic carbocycles. The van der Waals surface area contributed by atoms with Gasteiger partial charge in [0.05, 0.1) is 12.7 Å². The molecule has 0 N–H and O–H groups in total. The summed E-state index contributed by atoms with van der Waals surface area (Å²) in [5.74, 6) is -0.255. The Kier molecular flexibility index (Phi) is 7.08. The maximum Gasteiger partial charge on any atom is 0.337 e. The smallest absolute Gasteiger partial charge is 0.337 e. The minimum Gasteiger partial charge on any atom is -0.458 e. The fourth-order valence-corrected chi connectivity index (χ4v) is 5.35. The predicted molar refractivity (Wildman–Crippen MR) is 105 cm³/mol. The van der Waals surface area contributed by atoms with Crippen LogP contribution in [0.1, 0.15) is 6.92 Å². The van der Waals surface area contributed by atoms with Crippen LogP contribution in [0.15, 0.2) is 0 Å². The van der Waals surface area contributed by atoms with Gasteiger partial charge in [-0.2, -0.15) is 0 Å². The molecule has 1 saturated heterocycles. The largest absolute Gasteiger partial charge is 0.458 e. The SMILES string of the molecule is C[C@H]1[C@H](O[Si](C)(C)C)[C@@H](O[Si](C)(C)C)C(=O)O[C@@H]1CO[Si](C)(C)C. The standard InChI is InChI=1S/C16H36O5Si3/c1-12-13(11-18-22(2,3)4)19-16(17)15(21-24(8,9)10)14(12)20-23(5,6)7/h12-15H,11H2,1-10H3/t12-,13-,14+,15-/m1/s1. The van der Waals surface area contributed by atoms with Gasteiger partial charge < -0.3 is 18.0 Å². The van der Waals surface area contributed by atoms with Gasteiger partial charge in [0.15, 0.2) is 31.1 Å². The summed E-state index contributed by atoms with van der Waals surface area (Å²) in [6, 6.07) is 0. The van der Waals surface area contributed by atoms with Crippen molar-refractivity contribution in [2.45, 2.75) is 84.2 Å². The van der Waals surface area contributed by atoms with E-state index in [1.165, 1.54) is 0 Å². The summed E-state index contributed by atoms with van der Waals surface area (Å²) in [6.07, 6.45) is -1.16. The first-order valence-electron chi connectivity index (χ1n) is 8.79. The van der Waals surface area contributed by atoms with Gasteiger partial charge >= 0.3 is 5.97 Å². The Hall–Kier alpha value is 0.000649. The number of rotatable bonds is 7.